The molecule has 94 valence electrons. The van der Waals surface area contributed by atoms with Crippen molar-refractivity contribution in [3.63, 3.8) is 0 Å². The van der Waals surface area contributed by atoms with Crippen molar-refractivity contribution in [2.45, 2.75) is 12.3 Å². The average Bonchev–Trinajstić information content (AvgIpc) is 2.38. The van der Waals surface area contributed by atoms with Crippen LogP contribution in [0.25, 0.3) is 0 Å². The van der Waals surface area contributed by atoms with E-state index in [1.54, 1.807) is 30.3 Å². The monoisotopic (exact) mass is 247 g/mol. The first-order chi connectivity index (χ1) is 8.60. The summed E-state index contributed by atoms with van der Waals surface area (Å²) in [6.07, 6.45) is -0.431. The van der Waals surface area contributed by atoms with Crippen LogP contribution in [-0.2, 0) is 14.3 Å². The SMILES string of the molecule is COC(=O)C(CC(=O)O)C(C#N)c1ccccc1. The molecular weight excluding hydrogens is 234 g/mol. The Morgan fingerprint density at radius 2 is 2.00 bits per heavy atom. The van der Waals surface area contributed by atoms with Gasteiger partial charge in [-0.1, -0.05) is 30.3 Å². The van der Waals surface area contributed by atoms with Crippen molar-refractivity contribution >= 4 is 11.9 Å². The molecule has 18 heavy (non-hydrogen) atoms. The molecule has 0 spiro atoms. The Morgan fingerprint density at radius 3 is 2.44 bits per heavy atom. The van der Waals surface area contributed by atoms with Gasteiger partial charge in [0, 0.05) is 0 Å². The lowest BCUT2D eigenvalue weighted by atomic mass is 9.85. The number of nitriles is 1. The van der Waals surface area contributed by atoms with Gasteiger partial charge in [0.05, 0.1) is 31.4 Å². The van der Waals surface area contributed by atoms with Crippen LogP contribution in [0.5, 0.6) is 0 Å². The van der Waals surface area contributed by atoms with E-state index in [4.69, 9.17) is 10.4 Å². The normalized spacial score (nSPS) is 13.1. The highest BCUT2D eigenvalue weighted by Crippen LogP contribution is 2.27. The number of carbonyl (C=O) groups excluding carboxylic acids is 1. The van der Waals surface area contributed by atoms with Crippen molar-refractivity contribution in [3.05, 3.63) is 35.9 Å². The van der Waals surface area contributed by atoms with Gasteiger partial charge in [0.25, 0.3) is 0 Å². The summed E-state index contributed by atoms with van der Waals surface area (Å²) >= 11 is 0. The maximum atomic E-state index is 11.6. The van der Waals surface area contributed by atoms with Crippen molar-refractivity contribution in [2.24, 2.45) is 5.92 Å². The third-order valence-corrected chi connectivity index (χ3v) is 2.60. The number of carboxylic acid groups (broad SMARTS) is 1. The van der Waals surface area contributed by atoms with Crippen molar-refractivity contribution < 1.29 is 19.4 Å². The molecule has 5 heteroatoms. The molecule has 0 saturated carbocycles. The first-order valence-electron chi connectivity index (χ1n) is 5.34. The van der Waals surface area contributed by atoms with Crippen LogP contribution in [0.15, 0.2) is 30.3 Å². The van der Waals surface area contributed by atoms with Crippen LogP contribution < -0.4 is 0 Å². The van der Waals surface area contributed by atoms with Crippen LogP contribution in [0.3, 0.4) is 0 Å². The van der Waals surface area contributed by atoms with Crippen LogP contribution >= 0.6 is 0 Å². The largest absolute Gasteiger partial charge is 0.481 e. The zero-order chi connectivity index (χ0) is 13.5. The summed E-state index contributed by atoms with van der Waals surface area (Å²) in [5.74, 6) is -3.65. The Bertz CT molecular complexity index is 464. The summed E-state index contributed by atoms with van der Waals surface area (Å²) in [5, 5.41) is 18.0. The molecule has 2 atom stereocenters. The molecule has 0 radical (unpaired) electrons. The second-order valence-electron chi connectivity index (χ2n) is 3.74. The van der Waals surface area contributed by atoms with Crippen molar-refractivity contribution in [3.8, 4) is 6.07 Å². The molecule has 0 aliphatic carbocycles. The highest BCUT2D eigenvalue weighted by atomic mass is 16.5. The Balaban J connectivity index is 3.05. The van der Waals surface area contributed by atoms with Crippen molar-refractivity contribution in [2.75, 3.05) is 7.11 Å². The Morgan fingerprint density at radius 1 is 1.39 bits per heavy atom. The number of hydrogen-bond donors (Lipinski definition) is 1. The highest BCUT2D eigenvalue weighted by molar-refractivity contribution is 5.80. The molecular formula is C13H13NO4. The Kier molecular flexibility index (Phi) is 4.88. The van der Waals surface area contributed by atoms with Crippen molar-refractivity contribution in [1.82, 2.24) is 0 Å². The van der Waals surface area contributed by atoms with Crippen LogP contribution in [0.1, 0.15) is 17.9 Å². The van der Waals surface area contributed by atoms with E-state index in [2.05, 4.69) is 4.74 Å². The zero-order valence-corrected chi connectivity index (χ0v) is 9.87. The zero-order valence-electron chi connectivity index (χ0n) is 9.87. The van der Waals surface area contributed by atoms with Gasteiger partial charge in [-0.05, 0) is 5.56 Å². The topological polar surface area (TPSA) is 87.4 Å². The molecule has 1 aromatic carbocycles. The number of esters is 1. The van der Waals surface area contributed by atoms with Crippen LogP contribution in [-0.4, -0.2) is 24.2 Å². The highest BCUT2D eigenvalue weighted by Gasteiger charge is 2.32. The quantitative estimate of drug-likeness (QED) is 0.798. The number of ether oxygens (including phenoxy) is 1. The minimum atomic E-state index is -1.14. The number of carbonyl (C=O) groups is 2. The third-order valence-electron chi connectivity index (χ3n) is 2.60. The van der Waals surface area contributed by atoms with E-state index >= 15 is 0 Å². The van der Waals surface area contributed by atoms with Gasteiger partial charge >= 0.3 is 11.9 Å². The predicted octanol–water partition coefficient (Wildman–Crippen LogP) is 1.56. The van der Waals surface area contributed by atoms with E-state index in [1.165, 1.54) is 7.11 Å². The standard InChI is InChI=1S/C13H13NO4/c1-18-13(17)10(7-12(15)16)11(8-14)9-5-3-2-4-6-9/h2-6,10-11H,7H2,1H3,(H,15,16). The fraction of sp³-hybridized carbons (Fsp3) is 0.308. The fourth-order valence-electron chi connectivity index (χ4n) is 1.73. The van der Waals surface area contributed by atoms with Gasteiger partial charge in [-0.3, -0.25) is 9.59 Å². The average molecular weight is 247 g/mol. The van der Waals surface area contributed by atoms with E-state index in [0.717, 1.165) is 0 Å². The molecule has 0 heterocycles. The van der Waals surface area contributed by atoms with Gasteiger partial charge < -0.3 is 9.84 Å². The number of benzene rings is 1. The van der Waals surface area contributed by atoms with E-state index in [1.807, 2.05) is 6.07 Å². The molecule has 0 aromatic heterocycles. The molecule has 0 amide bonds. The van der Waals surface area contributed by atoms with E-state index < -0.39 is 30.2 Å². The molecule has 0 aliphatic heterocycles. The number of methoxy groups -OCH3 is 1. The molecule has 0 saturated heterocycles. The maximum absolute atomic E-state index is 11.6. The second kappa shape index (κ2) is 6.40. The molecule has 0 aliphatic rings. The van der Waals surface area contributed by atoms with Gasteiger partial charge in [0.2, 0.25) is 0 Å². The summed E-state index contributed by atoms with van der Waals surface area (Å²) in [7, 11) is 1.18. The lowest BCUT2D eigenvalue weighted by Gasteiger charge is -2.18. The Labute approximate surface area is 105 Å². The summed E-state index contributed by atoms with van der Waals surface area (Å²) in [4.78, 5) is 22.3. The minimum absolute atomic E-state index is 0.431. The molecule has 0 fully saturated rings. The van der Waals surface area contributed by atoms with Crippen LogP contribution in [0, 0.1) is 17.2 Å². The number of aliphatic carboxylic acids is 1. The number of nitrogens with zero attached hydrogens (tertiary/aromatic N) is 1. The van der Waals surface area contributed by atoms with E-state index in [0.29, 0.717) is 5.56 Å². The number of carboxylic acids is 1. The minimum Gasteiger partial charge on any atom is -0.481 e. The first-order valence-corrected chi connectivity index (χ1v) is 5.34. The molecule has 1 N–H and O–H groups in total. The van der Waals surface area contributed by atoms with Crippen molar-refractivity contribution in [1.29, 1.82) is 5.26 Å². The molecule has 5 nitrogen and oxygen atoms in total. The number of hydrogen-bond acceptors (Lipinski definition) is 4. The summed E-state index contributed by atoms with van der Waals surface area (Å²) in [6.45, 7) is 0. The van der Waals surface area contributed by atoms with Gasteiger partial charge in [-0.15, -0.1) is 0 Å². The lowest BCUT2D eigenvalue weighted by Crippen LogP contribution is -2.25. The summed E-state index contributed by atoms with van der Waals surface area (Å²) in [5.41, 5.74) is 0.608. The molecule has 2 unspecified atom stereocenters. The molecule has 0 bridgehead atoms. The van der Waals surface area contributed by atoms with Gasteiger partial charge in [-0.2, -0.15) is 5.26 Å². The van der Waals surface area contributed by atoms with Gasteiger partial charge in [-0.25, -0.2) is 0 Å². The maximum Gasteiger partial charge on any atom is 0.310 e. The summed E-state index contributed by atoms with van der Waals surface area (Å²) < 4.78 is 4.56. The summed E-state index contributed by atoms with van der Waals surface area (Å²) in [6, 6.07) is 10.6. The molecule has 1 aromatic rings. The lowest BCUT2D eigenvalue weighted by molar-refractivity contribution is -0.151. The third kappa shape index (κ3) is 3.32. The van der Waals surface area contributed by atoms with E-state index in [-0.39, 0.29) is 0 Å². The van der Waals surface area contributed by atoms with Gasteiger partial charge in [0.1, 0.15) is 0 Å². The van der Waals surface area contributed by atoms with Crippen LogP contribution in [0.4, 0.5) is 0 Å². The first kappa shape index (κ1) is 13.7. The van der Waals surface area contributed by atoms with Crippen LogP contribution in [0.2, 0.25) is 0 Å². The molecule has 1 rings (SSSR count). The Hall–Kier alpha value is -2.35. The van der Waals surface area contributed by atoms with Gasteiger partial charge in [0.15, 0.2) is 0 Å². The smallest absolute Gasteiger partial charge is 0.310 e. The fourth-order valence-corrected chi connectivity index (χ4v) is 1.73. The number of rotatable bonds is 5. The second-order valence-corrected chi connectivity index (χ2v) is 3.74. The van der Waals surface area contributed by atoms with E-state index in [9.17, 15) is 9.59 Å². The predicted molar refractivity (Wildman–Crippen MR) is 62.6 cm³/mol.